The van der Waals surface area contributed by atoms with Crippen molar-refractivity contribution in [3.05, 3.63) is 60.7 Å². The third kappa shape index (κ3) is 5.93. The van der Waals surface area contributed by atoms with Crippen LogP contribution in [0.1, 0.15) is 27.2 Å². The van der Waals surface area contributed by atoms with Gasteiger partial charge in [-0.25, -0.2) is 4.79 Å². The highest BCUT2D eigenvalue weighted by atomic mass is 28.4. The molecule has 7 nitrogen and oxygen atoms in total. The van der Waals surface area contributed by atoms with Crippen LogP contribution in [0.4, 0.5) is 0 Å². The summed E-state index contributed by atoms with van der Waals surface area (Å²) in [7, 11) is 2.99. The van der Waals surface area contributed by atoms with Crippen LogP contribution in [-0.2, 0) is 28.2 Å². The van der Waals surface area contributed by atoms with E-state index in [1.807, 2.05) is 36.4 Å². The summed E-state index contributed by atoms with van der Waals surface area (Å²) in [6, 6.07) is 20.7. The second-order valence-corrected chi connectivity index (χ2v) is 13.5. The Hall–Kier alpha value is -2.52. The van der Waals surface area contributed by atoms with E-state index in [2.05, 4.69) is 49.8 Å². The fourth-order valence-corrected chi connectivity index (χ4v) is 8.86. The summed E-state index contributed by atoms with van der Waals surface area (Å²) in [4.78, 5) is 25.1. The summed E-state index contributed by atoms with van der Waals surface area (Å²) < 4.78 is 22.9. The van der Waals surface area contributed by atoms with E-state index in [0.29, 0.717) is 13.0 Å². The molecule has 0 bridgehead atoms. The minimum absolute atomic E-state index is 0.0397. The summed E-state index contributed by atoms with van der Waals surface area (Å²) in [5.41, 5.74) is 0. The van der Waals surface area contributed by atoms with Gasteiger partial charge in [-0.1, -0.05) is 81.4 Å². The van der Waals surface area contributed by atoms with E-state index < -0.39 is 26.0 Å². The predicted molar refractivity (Wildman–Crippen MR) is 135 cm³/mol. The molecule has 0 spiro atoms. The van der Waals surface area contributed by atoms with Crippen LogP contribution >= 0.6 is 0 Å². The SMILES string of the molecule is COC(=O)C(=O)N(C)CC(CCO[Si](c1ccccc1)(c1ccccc1)C(C)(C)C)(OC)OC. The lowest BCUT2D eigenvalue weighted by Crippen LogP contribution is -2.67. The molecule has 0 aromatic heterocycles. The molecule has 0 aliphatic carbocycles. The number of likely N-dealkylation sites (N-methyl/N-ethyl adjacent to an activating group) is 1. The molecule has 2 aromatic carbocycles. The highest BCUT2D eigenvalue weighted by molar-refractivity contribution is 6.99. The third-order valence-electron chi connectivity index (χ3n) is 6.15. The van der Waals surface area contributed by atoms with Gasteiger partial charge in [-0.15, -0.1) is 0 Å². The molecule has 2 rings (SSSR count). The second-order valence-electron chi connectivity index (χ2n) is 9.23. The van der Waals surface area contributed by atoms with Gasteiger partial charge in [0, 0.05) is 34.3 Å². The Morgan fingerprint density at radius 1 is 0.853 bits per heavy atom. The minimum Gasteiger partial charge on any atom is -0.462 e. The summed E-state index contributed by atoms with van der Waals surface area (Å²) in [6.07, 6.45) is 0.350. The van der Waals surface area contributed by atoms with Gasteiger partial charge in [0.2, 0.25) is 0 Å². The van der Waals surface area contributed by atoms with Crippen LogP contribution in [0.5, 0.6) is 0 Å². The number of ether oxygens (including phenoxy) is 3. The summed E-state index contributed by atoms with van der Waals surface area (Å²) in [6.45, 7) is 7.00. The smallest absolute Gasteiger partial charge is 0.396 e. The Labute approximate surface area is 204 Å². The predicted octanol–water partition coefficient (Wildman–Crippen LogP) is 2.57. The second kappa shape index (κ2) is 11.7. The van der Waals surface area contributed by atoms with Crippen molar-refractivity contribution >= 4 is 30.6 Å². The summed E-state index contributed by atoms with van der Waals surface area (Å²) in [5, 5.41) is 2.18. The van der Waals surface area contributed by atoms with Crippen LogP contribution in [0.25, 0.3) is 0 Å². The molecule has 0 radical (unpaired) electrons. The van der Waals surface area contributed by atoms with E-state index in [0.717, 1.165) is 0 Å². The quantitative estimate of drug-likeness (QED) is 0.222. The zero-order chi connectivity index (χ0) is 25.4. The van der Waals surface area contributed by atoms with E-state index in [-0.39, 0.29) is 11.6 Å². The standard InChI is InChI=1S/C26H37NO6Si/c1-25(2,3)34(21-14-10-8-11-15-21,22-16-12-9-13-17-22)33-19-18-26(31-6,32-7)20-27(4)23(28)24(29)30-5/h8-17H,18-20H2,1-7H3. The van der Waals surface area contributed by atoms with Crippen molar-refractivity contribution in [3.63, 3.8) is 0 Å². The first-order chi connectivity index (χ1) is 16.1. The number of hydrogen-bond donors (Lipinski definition) is 0. The van der Waals surface area contributed by atoms with Crippen LogP contribution in [0.2, 0.25) is 5.04 Å². The van der Waals surface area contributed by atoms with Crippen LogP contribution < -0.4 is 10.4 Å². The number of rotatable bonds is 10. The molecule has 1 amide bonds. The van der Waals surface area contributed by atoms with Gasteiger partial charge in [-0.3, -0.25) is 4.79 Å². The van der Waals surface area contributed by atoms with Gasteiger partial charge in [0.15, 0.2) is 5.79 Å². The number of carbonyl (C=O) groups is 2. The van der Waals surface area contributed by atoms with Gasteiger partial charge in [0.25, 0.3) is 8.32 Å². The molecular weight excluding hydrogens is 450 g/mol. The number of amides is 1. The maximum absolute atomic E-state index is 12.2. The zero-order valence-corrected chi connectivity index (χ0v) is 22.3. The van der Waals surface area contributed by atoms with Crippen LogP contribution in [-0.4, -0.2) is 72.4 Å². The molecule has 8 heteroatoms. The fraction of sp³-hybridized carbons (Fsp3) is 0.462. The Balaban J connectivity index is 2.37. The van der Waals surface area contributed by atoms with Gasteiger partial charge in [0.1, 0.15) is 0 Å². The number of nitrogens with zero attached hydrogens (tertiary/aromatic N) is 1. The number of hydrogen-bond acceptors (Lipinski definition) is 6. The Bertz CT molecular complexity index is 886. The van der Waals surface area contributed by atoms with Gasteiger partial charge < -0.3 is 23.5 Å². The highest BCUT2D eigenvalue weighted by Crippen LogP contribution is 2.37. The number of benzene rings is 2. The number of methoxy groups -OCH3 is 3. The Morgan fingerprint density at radius 3 is 1.71 bits per heavy atom. The zero-order valence-electron chi connectivity index (χ0n) is 21.3. The van der Waals surface area contributed by atoms with Crippen molar-refractivity contribution in [2.45, 2.75) is 38.0 Å². The Kier molecular flexibility index (Phi) is 9.58. The number of carbonyl (C=O) groups excluding carboxylic acids is 2. The third-order valence-corrected chi connectivity index (χ3v) is 11.2. The van der Waals surface area contributed by atoms with Crippen molar-refractivity contribution < 1.29 is 28.2 Å². The lowest BCUT2D eigenvalue weighted by molar-refractivity contribution is -0.222. The molecule has 34 heavy (non-hydrogen) atoms. The maximum atomic E-state index is 12.2. The Morgan fingerprint density at radius 2 is 1.32 bits per heavy atom. The first kappa shape index (κ1) is 27.7. The molecule has 0 aliphatic heterocycles. The molecule has 0 atom stereocenters. The highest BCUT2D eigenvalue weighted by Gasteiger charge is 2.50. The molecule has 186 valence electrons. The molecule has 0 fully saturated rings. The molecule has 0 N–H and O–H groups in total. The van der Waals surface area contributed by atoms with Crippen LogP contribution in [0.15, 0.2) is 60.7 Å². The van der Waals surface area contributed by atoms with Crippen molar-refractivity contribution in [2.24, 2.45) is 0 Å². The average molecular weight is 488 g/mol. The molecule has 0 aliphatic rings. The van der Waals surface area contributed by atoms with E-state index in [1.165, 1.54) is 43.7 Å². The molecule has 0 saturated heterocycles. The van der Waals surface area contributed by atoms with E-state index in [9.17, 15) is 9.59 Å². The van der Waals surface area contributed by atoms with Gasteiger partial charge in [-0.05, 0) is 15.4 Å². The van der Waals surface area contributed by atoms with Crippen molar-refractivity contribution in [1.29, 1.82) is 0 Å². The number of esters is 1. The maximum Gasteiger partial charge on any atom is 0.396 e. The molecular formula is C26H37NO6Si. The largest absolute Gasteiger partial charge is 0.462 e. The van der Waals surface area contributed by atoms with Crippen molar-refractivity contribution in [1.82, 2.24) is 4.90 Å². The average Bonchev–Trinajstić information content (AvgIpc) is 2.85. The summed E-state index contributed by atoms with van der Waals surface area (Å²) >= 11 is 0. The van der Waals surface area contributed by atoms with E-state index in [4.69, 9.17) is 13.9 Å². The fourth-order valence-electron chi connectivity index (χ4n) is 4.29. The van der Waals surface area contributed by atoms with E-state index >= 15 is 0 Å². The molecule has 0 heterocycles. The molecule has 0 unspecified atom stereocenters. The summed E-state index contributed by atoms with van der Waals surface area (Å²) in [5.74, 6) is -2.86. The normalized spacial score (nSPS) is 12.3. The van der Waals surface area contributed by atoms with Crippen molar-refractivity contribution in [2.75, 3.05) is 41.5 Å². The monoisotopic (exact) mass is 487 g/mol. The van der Waals surface area contributed by atoms with Crippen LogP contribution in [0, 0.1) is 0 Å². The van der Waals surface area contributed by atoms with Gasteiger partial charge >= 0.3 is 11.9 Å². The van der Waals surface area contributed by atoms with E-state index in [1.54, 1.807) is 0 Å². The van der Waals surface area contributed by atoms with Gasteiger partial charge in [0.05, 0.1) is 13.7 Å². The molecule has 2 aromatic rings. The van der Waals surface area contributed by atoms with Crippen molar-refractivity contribution in [3.8, 4) is 0 Å². The minimum atomic E-state index is -2.73. The topological polar surface area (TPSA) is 74.3 Å². The molecule has 0 saturated carbocycles. The lowest BCUT2D eigenvalue weighted by Gasteiger charge is -2.44. The van der Waals surface area contributed by atoms with Gasteiger partial charge in [-0.2, -0.15) is 0 Å². The first-order valence-electron chi connectivity index (χ1n) is 11.3. The lowest BCUT2D eigenvalue weighted by atomic mass is 10.2. The van der Waals surface area contributed by atoms with Crippen LogP contribution in [0.3, 0.4) is 0 Å². The first-order valence-corrected chi connectivity index (χ1v) is 13.2.